The van der Waals surface area contributed by atoms with E-state index < -0.39 is 0 Å². The Morgan fingerprint density at radius 3 is 3.15 bits per heavy atom. The van der Waals surface area contributed by atoms with Crippen LogP contribution in [-0.4, -0.2) is 52.3 Å². The third-order valence-electron chi connectivity index (χ3n) is 4.76. The Bertz CT molecular complexity index is 921. The highest BCUT2D eigenvalue weighted by Gasteiger charge is 2.24. The number of benzene rings is 1. The van der Waals surface area contributed by atoms with Crippen LogP contribution in [0.15, 0.2) is 42.6 Å². The second kappa shape index (κ2) is 7.25. The van der Waals surface area contributed by atoms with Gasteiger partial charge in [-0.15, -0.1) is 0 Å². The van der Waals surface area contributed by atoms with Gasteiger partial charge in [-0.2, -0.15) is 5.10 Å². The van der Waals surface area contributed by atoms with Crippen molar-refractivity contribution in [3.8, 4) is 0 Å². The molecule has 0 unspecified atom stereocenters. The molecule has 1 atom stereocenters. The van der Waals surface area contributed by atoms with E-state index >= 15 is 0 Å². The van der Waals surface area contributed by atoms with Gasteiger partial charge in [0, 0.05) is 30.1 Å². The lowest BCUT2D eigenvalue weighted by molar-refractivity contribution is 0.0731. The largest absolute Gasteiger partial charge is 0.379 e. The van der Waals surface area contributed by atoms with Crippen LogP contribution in [0.4, 0.5) is 0 Å². The van der Waals surface area contributed by atoms with E-state index in [0.717, 1.165) is 23.0 Å². The average Bonchev–Trinajstić information content (AvgIpc) is 2.99. The lowest BCUT2D eigenvalue weighted by atomic mass is 9.98. The van der Waals surface area contributed by atoms with Crippen LogP contribution in [-0.2, 0) is 11.2 Å². The first-order valence-corrected chi connectivity index (χ1v) is 8.92. The molecular weight excluding hydrogens is 328 g/mol. The molecule has 2 aromatic heterocycles. The fourth-order valence-electron chi connectivity index (χ4n) is 3.46. The molecule has 0 aliphatic carbocycles. The van der Waals surface area contributed by atoms with E-state index in [1.807, 2.05) is 30.2 Å². The number of aromatic nitrogens is 3. The van der Waals surface area contributed by atoms with Gasteiger partial charge in [-0.3, -0.25) is 9.89 Å². The van der Waals surface area contributed by atoms with Gasteiger partial charge >= 0.3 is 0 Å². The number of hydrogen-bond acceptors (Lipinski definition) is 4. The lowest BCUT2D eigenvalue weighted by Crippen LogP contribution is -2.36. The normalized spacial score (nSPS) is 18.0. The number of aromatic amines is 1. The van der Waals surface area contributed by atoms with Gasteiger partial charge in [0.05, 0.1) is 24.9 Å². The van der Waals surface area contributed by atoms with Crippen molar-refractivity contribution < 1.29 is 9.53 Å². The number of pyridine rings is 1. The summed E-state index contributed by atoms with van der Waals surface area (Å²) in [5.74, 6) is 0.241. The van der Waals surface area contributed by atoms with E-state index in [9.17, 15) is 4.79 Å². The molecule has 1 amide bonds. The van der Waals surface area contributed by atoms with Crippen molar-refractivity contribution in [3.05, 3.63) is 59.5 Å². The summed E-state index contributed by atoms with van der Waals surface area (Å²) < 4.78 is 5.76. The van der Waals surface area contributed by atoms with Crippen LogP contribution >= 0.6 is 0 Å². The number of nitrogens with zero attached hydrogens (tertiary/aromatic N) is 3. The first kappa shape index (κ1) is 16.7. The van der Waals surface area contributed by atoms with Gasteiger partial charge in [0.15, 0.2) is 0 Å². The highest BCUT2D eigenvalue weighted by atomic mass is 16.5. The predicted molar refractivity (Wildman–Crippen MR) is 99.0 cm³/mol. The molecule has 6 heteroatoms. The third-order valence-corrected chi connectivity index (χ3v) is 4.76. The molecule has 1 fully saturated rings. The molecule has 0 spiro atoms. The number of hydrogen-bond donors (Lipinski definition) is 1. The molecule has 0 radical (unpaired) electrons. The van der Waals surface area contributed by atoms with Crippen molar-refractivity contribution in [3.63, 3.8) is 0 Å². The summed E-state index contributed by atoms with van der Waals surface area (Å²) in [7, 11) is 0. The Labute approximate surface area is 152 Å². The van der Waals surface area contributed by atoms with Gasteiger partial charge in [0.2, 0.25) is 0 Å². The van der Waals surface area contributed by atoms with Crippen LogP contribution in [0.3, 0.4) is 0 Å². The molecule has 3 heterocycles. The summed E-state index contributed by atoms with van der Waals surface area (Å²) in [5.41, 5.74) is 3.63. The minimum absolute atomic E-state index is 0.0190. The standard InChI is InChI=1S/C20H22N4O2/c1-14-3-2-4-19(22-14)20(25)24-7-8-26-13-16(12-24)9-15-5-6-18-17(10-15)11-21-23-18/h2-6,10-11,16H,7-9,12-13H2,1H3,(H,21,23)/t16-/m1/s1. The topological polar surface area (TPSA) is 71.1 Å². The molecule has 0 saturated carbocycles. The highest BCUT2D eigenvalue weighted by Crippen LogP contribution is 2.19. The molecular formula is C20H22N4O2. The van der Waals surface area contributed by atoms with Gasteiger partial charge in [-0.25, -0.2) is 4.98 Å². The van der Waals surface area contributed by atoms with Crippen molar-refractivity contribution in [2.45, 2.75) is 13.3 Å². The fourth-order valence-corrected chi connectivity index (χ4v) is 3.46. The average molecular weight is 350 g/mol. The molecule has 0 bridgehead atoms. The fraction of sp³-hybridized carbons (Fsp3) is 0.350. The van der Waals surface area contributed by atoms with Crippen LogP contribution in [0.2, 0.25) is 0 Å². The molecule has 1 aliphatic heterocycles. The minimum atomic E-state index is -0.0190. The van der Waals surface area contributed by atoms with E-state index in [2.05, 4.69) is 33.4 Å². The molecule has 26 heavy (non-hydrogen) atoms. The summed E-state index contributed by atoms with van der Waals surface area (Å²) in [4.78, 5) is 19.1. The summed E-state index contributed by atoms with van der Waals surface area (Å²) in [6.45, 7) is 4.41. The lowest BCUT2D eigenvalue weighted by Gasteiger charge is -2.23. The van der Waals surface area contributed by atoms with Gasteiger partial charge in [0.25, 0.3) is 5.91 Å². The quantitative estimate of drug-likeness (QED) is 0.788. The number of H-pyrrole nitrogens is 1. The SMILES string of the molecule is Cc1cccc(C(=O)N2CCOC[C@H](Cc3ccc4[nH]ncc4c3)C2)n1. The Morgan fingerprint density at radius 1 is 1.35 bits per heavy atom. The summed E-state index contributed by atoms with van der Waals surface area (Å²) in [6.07, 6.45) is 2.70. The zero-order valence-electron chi connectivity index (χ0n) is 14.8. The second-order valence-corrected chi connectivity index (χ2v) is 6.85. The van der Waals surface area contributed by atoms with Gasteiger partial charge in [-0.05, 0) is 43.2 Å². The maximum absolute atomic E-state index is 12.8. The molecule has 1 N–H and O–H groups in total. The monoisotopic (exact) mass is 350 g/mol. The summed E-state index contributed by atoms with van der Waals surface area (Å²) >= 11 is 0. The molecule has 6 nitrogen and oxygen atoms in total. The first-order chi connectivity index (χ1) is 12.7. The van der Waals surface area contributed by atoms with Crippen molar-refractivity contribution in [1.82, 2.24) is 20.1 Å². The number of carbonyl (C=O) groups is 1. The Kier molecular flexibility index (Phi) is 4.67. The number of rotatable bonds is 3. The number of nitrogens with one attached hydrogen (secondary N) is 1. The minimum Gasteiger partial charge on any atom is -0.379 e. The van der Waals surface area contributed by atoms with Gasteiger partial charge in [0.1, 0.15) is 5.69 Å². The van der Waals surface area contributed by atoms with Crippen molar-refractivity contribution in [2.24, 2.45) is 5.92 Å². The summed E-state index contributed by atoms with van der Waals surface area (Å²) in [5, 5.41) is 8.15. The summed E-state index contributed by atoms with van der Waals surface area (Å²) in [6, 6.07) is 11.9. The van der Waals surface area contributed by atoms with Crippen molar-refractivity contribution in [1.29, 1.82) is 0 Å². The zero-order valence-corrected chi connectivity index (χ0v) is 14.8. The van der Waals surface area contributed by atoms with E-state index in [-0.39, 0.29) is 11.8 Å². The number of ether oxygens (including phenoxy) is 1. The van der Waals surface area contributed by atoms with Crippen molar-refractivity contribution >= 4 is 16.8 Å². The second-order valence-electron chi connectivity index (χ2n) is 6.85. The molecule has 1 aliphatic rings. The van der Waals surface area contributed by atoms with Gasteiger partial charge < -0.3 is 9.64 Å². The smallest absolute Gasteiger partial charge is 0.272 e. The molecule has 1 aromatic carbocycles. The Morgan fingerprint density at radius 2 is 2.27 bits per heavy atom. The van der Waals surface area contributed by atoms with Crippen LogP contribution in [0.5, 0.6) is 0 Å². The first-order valence-electron chi connectivity index (χ1n) is 8.92. The number of carbonyl (C=O) groups excluding carboxylic acids is 1. The van der Waals surface area contributed by atoms with Crippen LogP contribution in [0, 0.1) is 12.8 Å². The Hall–Kier alpha value is -2.73. The van der Waals surface area contributed by atoms with E-state index in [4.69, 9.17) is 4.74 Å². The van der Waals surface area contributed by atoms with Crippen LogP contribution in [0.25, 0.3) is 10.9 Å². The van der Waals surface area contributed by atoms with E-state index in [1.165, 1.54) is 5.56 Å². The maximum Gasteiger partial charge on any atom is 0.272 e. The molecule has 4 rings (SSSR count). The molecule has 1 saturated heterocycles. The zero-order chi connectivity index (χ0) is 17.9. The molecule has 134 valence electrons. The number of aryl methyl sites for hydroxylation is 1. The highest BCUT2D eigenvalue weighted by molar-refractivity contribution is 5.92. The van der Waals surface area contributed by atoms with Crippen molar-refractivity contribution in [2.75, 3.05) is 26.3 Å². The Balaban J connectivity index is 1.49. The third kappa shape index (κ3) is 3.60. The molecule has 3 aromatic rings. The maximum atomic E-state index is 12.8. The van der Waals surface area contributed by atoms with Crippen LogP contribution < -0.4 is 0 Å². The number of fused-ring (bicyclic) bond motifs is 1. The van der Waals surface area contributed by atoms with Gasteiger partial charge in [-0.1, -0.05) is 12.1 Å². The number of amides is 1. The van der Waals surface area contributed by atoms with E-state index in [1.54, 1.807) is 6.07 Å². The van der Waals surface area contributed by atoms with Crippen LogP contribution in [0.1, 0.15) is 21.7 Å². The predicted octanol–water partition coefficient (Wildman–Crippen LogP) is 2.60. The van der Waals surface area contributed by atoms with E-state index in [0.29, 0.717) is 32.0 Å².